The van der Waals surface area contributed by atoms with E-state index in [-0.39, 0.29) is 0 Å². The summed E-state index contributed by atoms with van der Waals surface area (Å²) in [7, 11) is 0. The third-order valence-corrected chi connectivity index (χ3v) is 12.2. The van der Waals surface area contributed by atoms with Crippen LogP contribution in [0.3, 0.4) is 0 Å². The molecule has 0 bridgehead atoms. The average molecular weight is 803 g/mol. The zero-order valence-corrected chi connectivity index (χ0v) is 34.2. The van der Waals surface area contributed by atoms with Gasteiger partial charge in [0.25, 0.3) is 0 Å². The van der Waals surface area contributed by atoms with E-state index in [1.165, 1.54) is 22.3 Å². The van der Waals surface area contributed by atoms with Crippen molar-refractivity contribution in [2.75, 3.05) is 0 Å². The lowest BCUT2D eigenvalue weighted by molar-refractivity contribution is 0.769. The first-order valence-electron chi connectivity index (χ1n) is 21.1. The lowest BCUT2D eigenvalue weighted by Crippen LogP contribution is -2.28. The van der Waals surface area contributed by atoms with Gasteiger partial charge in [0, 0.05) is 16.7 Å². The van der Waals surface area contributed by atoms with Crippen molar-refractivity contribution in [2.24, 2.45) is 0 Å². The van der Waals surface area contributed by atoms with Crippen molar-refractivity contribution in [1.29, 1.82) is 0 Å². The van der Waals surface area contributed by atoms with E-state index in [2.05, 4.69) is 217 Å². The molecule has 10 aromatic rings. The van der Waals surface area contributed by atoms with Gasteiger partial charge in [-0.1, -0.05) is 212 Å². The van der Waals surface area contributed by atoms with Crippen LogP contribution in [0.1, 0.15) is 22.3 Å². The molecule has 63 heavy (non-hydrogen) atoms. The Morgan fingerprint density at radius 1 is 0.317 bits per heavy atom. The summed E-state index contributed by atoms with van der Waals surface area (Å²) in [5, 5.41) is 0. The Morgan fingerprint density at radius 2 is 0.762 bits per heavy atom. The molecule has 0 atom stereocenters. The molecular formula is C59H38N4. The molecule has 4 nitrogen and oxygen atoms in total. The molecule has 9 aromatic carbocycles. The summed E-state index contributed by atoms with van der Waals surface area (Å²) in [6.45, 7) is 7.99. The zero-order valence-electron chi connectivity index (χ0n) is 34.2. The minimum Gasteiger partial charge on any atom is -0.238 e. The highest BCUT2D eigenvalue weighted by Gasteiger charge is 2.46. The van der Waals surface area contributed by atoms with Crippen molar-refractivity contribution in [3.8, 4) is 78.7 Å². The lowest BCUT2D eigenvalue weighted by Gasteiger charge is -2.34. The normalized spacial score (nSPS) is 12.2. The van der Waals surface area contributed by atoms with E-state index >= 15 is 0 Å². The molecule has 0 spiro atoms. The van der Waals surface area contributed by atoms with Crippen molar-refractivity contribution in [3.05, 3.63) is 264 Å². The smallest absolute Gasteiger partial charge is 0.187 e. The van der Waals surface area contributed by atoms with Gasteiger partial charge in [-0.15, -0.1) is 0 Å². The van der Waals surface area contributed by atoms with Crippen LogP contribution in [-0.4, -0.2) is 15.0 Å². The molecule has 0 unspecified atom stereocenters. The Hall–Kier alpha value is -8.52. The van der Waals surface area contributed by atoms with Crippen LogP contribution in [0.5, 0.6) is 0 Å². The molecule has 11 rings (SSSR count). The molecule has 0 saturated heterocycles. The number of rotatable bonds is 8. The monoisotopic (exact) mass is 802 g/mol. The second-order valence-corrected chi connectivity index (χ2v) is 15.8. The summed E-state index contributed by atoms with van der Waals surface area (Å²) in [5.74, 6) is 1.80. The third kappa shape index (κ3) is 6.61. The highest BCUT2D eigenvalue weighted by molar-refractivity contribution is 5.96. The molecule has 4 heteroatoms. The minimum atomic E-state index is -0.572. The van der Waals surface area contributed by atoms with E-state index < -0.39 is 5.41 Å². The fourth-order valence-corrected chi connectivity index (χ4v) is 9.34. The SMILES string of the molecule is [C-]#[N+]c1ccc2c(c1)-c1c(-c3ccc(-c4nc(-c5cccc(-c6ccccc6)c5)nc(-c5cccc(-c6ccccc6)c5)n4)cc3)cccc1C2(c1ccccc1)c1ccccc1. The van der Waals surface area contributed by atoms with E-state index in [0.717, 1.165) is 61.2 Å². The number of hydrogen-bond acceptors (Lipinski definition) is 3. The summed E-state index contributed by atoms with van der Waals surface area (Å²) in [5.41, 5.74) is 16.3. The first-order valence-corrected chi connectivity index (χ1v) is 21.1. The predicted molar refractivity (Wildman–Crippen MR) is 256 cm³/mol. The lowest BCUT2D eigenvalue weighted by atomic mass is 9.67. The van der Waals surface area contributed by atoms with Crippen molar-refractivity contribution in [1.82, 2.24) is 15.0 Å². The Balaban J connectivity index is 1.06. The van der Waals surface area contributed by atoms with Gasteiger partial charge < -0.3 is 0 Å². The molecule has 0 radical (unpaired) electrons. The minimum absolute atomic E-state index is 0.572. The summed E-state index contributed by atoms with van der Waals surface area (Å²) in [4.78, 5) is 19.3. The first kappa shape index (κ1) is 37.5. The van der Waals surface area contributed by atoms with Crippen LogP contribution >= 0.6 is 0 Å². The number of hydrogen-bond donors (Lipinski definition) is 0. The van der Waals surface area contributed by atoms with Gasteiger partial charge >= 0.3 is 0 Å². The molecule has 0 aliphatic heterocycles. The van der Waals surface area contributed by atoms with Crippen LogP contribution in [0.25, 0.3) is 83.5 Å². The van der Waals surface area contributed by atoms with Crippen molar-refractivity contribution < 1.29 is 0 Å². The number of aromatic nitrogens is 3. The van der Waals surface area contributed by atoms with E-state index in [0.29, 0.717) is 23.2 Å². The summed E-state index contributed by atoms with van der Waals surface area (Å²) in [6.07, 6.45) is 0. The Bertz CT molecular complexity index is 3180. The van der Waals surface area contributed by atoms with Crippen LogP contribution in [0.2, 0.25) is 0 Å². The van der Waals surface area contributed by atoms with Crippen LogP contribution in [0.4, 0.5) is 5.69 Å². The molecule has 1 heterocycles. The number of fused-ring (bicyclic) bond motifs is 3. The van der Waals surface area contributed by atoms with Gasteiger partial charge in [-0.3, -0.25) is 0 Å². The van der Waals surface area contributed by atoms with Crippen molar-refractivity contribution in [3.63, 3.8) is 0 Å². The Kier molecular flexibility index (Phi) is 9.41. The fourth-order valence-electron chi connectivity index (χ4n) is 9.34. The molecule has 0 N–H and O–H groups in total. The van der Waals surface area contributed by atoms with Crippen LogP contribution in [0.15, 0.2) is 231 Å². The van der Waals surface area contributed by atoms with Crippen molar-refractivity contribution in [2.45, 2.75) is 5.41 Å². The largest absolute Gasteiger partial charge is 0.238 e. The van der Waals surface area contributed by atoms with Gasteiger partial charge in [0.15, 0.2) is 23.2 Å². The average Bonchev–Trinajstić information content (AvgIpc) is 3.68. The maximum absolute atomic E-state index is 7.99. The van der Waals surface area contributed by atoms with Gasteiger partial charge in [-0.05, 0) is 85.0 Å². The fraction of sp³-hybridized carbons (Fsp3) is 0.0169. The second-order valence-electron chi connectivity index (χ2n) is 15.8. The Labute approximate surface area is 367 Å². The van der Waals surface area contributed by atoms with E-state index in [4.69, 9.17) is 21.5 Å². The van der Waals surface area contributed by atoms with E-state index in [9.17, 15) is 0 Å². The van der Waals surface area contributed by atoms with Crippen LogP contribution in [0, 0.1) is 6.57 Å². The van der Waals surface area contributed by atoms with Gasteiger partial charge in [0.2, 0.25) is 0 Å². The standard InChI is InChI=1S/C59H38N4/c1-60-50-35-36-53-52(39-50)55-51(29-16-30-54(55)59(53,48-25-10-4-11-26-48)49-27-12-5-13-28-49)42-31-33-43(34-32-42)56-61-57(46-23-14-21-44(37-46)40-17-6-2-7-18-40)63-58(62-56)47-24-15-22-45(38-47)41-19-8-3-9-20-41/h2-39H. The molecule has 0 amide bonds. The summed E-state index contributed by atoms with van der Waals surface area (Å²) >= 11 is 0. The highest BCUT2D eigenvalue weighted by Crippen LogP contribution is 2.58. The number of nitrogens with zero attached hydrogens (tertiary/aromatic N) is 4. The van der Waals surface area contributed by atoms with E-state index in [1.807, 2.05) is 18.2 Å². The van der Waals surface area contributed by atoms with Gasteiger partial charge in [-0.25, -0.2) is 19.8 Å². The summed E-state index contributed by atoms with van der Waals surface area (Å²) in [6, 6.07) is 80.5. The maximum atomic E-state index is 7.99. The maximum Gasteiger partial charge on any atom is 0.187 e. The van der Waals surface area contributed by atoms with Crippen molar-refractivity contribution >= 4 is 5.69 Å². The zero-order chi connectivity index (χ0) is 42.2. The predicted octanol–water partition coefficient (Wildman–Crippen LogP) is 14.8. The van der Waals surface area contributed by atoms with E-state index in [1.54, 1.807) is 0 Å². The topological polar surface area (TPSA) is 43.0 Å². The molecule has 1 aliphatic rings. The number of benzene rings is 9. The van der Waals surface area contributed by atoms with Gasteiger partial charge in [0.1, 0.15) is 0 Å². The first-order chi connectivity index (χ1) is 31.2. The molecule has 1 aromatic heterocycles. The van der Waals surface area contributed by atoms with Crippen LogP contribution < -0.4 is 0 Å². The van der Waals surface area contributed by atoms with Gasteiger partial charge in [0.05, 0.1) is 12.0 Å². The highest BCUT2D eigenvalue weighted by atomic mass is 15.0. The molecule has 1 aliphatic carbocycles. The second kappa shape index (κ2) is 15.8. The molecule has 294 valence electrons. The third-order valence-electron chi connectivity index (χ3n) is 12.2. The quantitative estimate of drug-likeness (QED) is 0.144. The molecular weight excluding hydrogens is 765 g/mol. The molecule has 0 saturated carbocycles. The van der Waals surface area contributed by atoms with Crippen LogP contribution in [-0.2, 0) is 5.41 Å². The Morgan fingerprint density at radius 3 is 1.29 bits per heavy atom. The summed E-state index contributed by atoms with van der Waals surface area (Å²) < 4.78 is 0. The van der Waals surface area contributed by atoms with Gasteiger partial charge in [-0.2, -0.15) is 0 Å². The molecule has 0 fully saturated rings.